The van der Waals surface area contributed by atoms with E-state index in [-0.39, 0.29) is 12.0 Å². The van der Waals surface area contributed by atoms with Crippen molar-refractivity contribution in [1.29, 1.82) is 0 Å². The average molecular weight is 343 g/mol. The molecule has 0 spiro atoms. The van der Waals surface area contributed by atoms with Gasteiger partial charge in [-0.1, -0.05) is 32.4 Å². The van der Waals surface area contributed by atoms with Gasteiger partial charge in [0.2, 0.25) is 0 Å². The Hall–Kier alpha value is -1.79. The Morgan fingerprint density at radius 2 is 1.96 bits per heavy atom. The zero-order valence-corrected chi connectivity index (χ0v) is 14.5. The van der Waals surface area contributed by atoms with E-state index in [1.54, 1.807) is 12.1 Å². The van der Waals surface area contributed by atoms with Crippen molar-refractivity contribution in [2.45, 2.75) is 33.3 Å². The van der Waals surface area contributed by atoms with Crippen molar-refractivity contribution in [3.05, 3.63) is 23.2 Å². The Kier molecular flexibility index (Phi) is 6.84. The van der Waals surface area contributed by atoms with Crippen LogP contribution in [-0.2, 0) is 9.59 Å². The largest absolute Gasteiger partial charge is 0.495 e. The molecule has 0 fully saturated rings. The van der Waals surface area contributed by atoms with Crippen LogP contribution in [0.15, 0.2) is 18.2 Å². The van der Waals surface area contributed by atoms with Crippen LogP contribution in [0.5, 0.6) is 5.75 Å². The van der Waals surface area contributed by atoms with E-state index in [1.165, 1.54) is 13.2 Å². The van der Waals surface area contributed by atoms with Crippen molar-refractivity contribution in [2.24, 2.45) is 5.41 Å². The number of hydrogen-bond acceptors (Lipinski definition) is 4. The van der Waals surface area contributed by atoms with Crippen LogP contribution < -0.4 is 15.4 Å². The zero-order chi connectivity index (χ0) is 17.6. The van der Waals surface area contributed by atoms with E-state index in [1.807, 2.05) is 20.8 Å². The molecule has 0 aliphatic rings. The number of aliphatic hydroxyl groups excluding tert-OH is 1. The van der Waals surface area contributed by atoms with Gasteiger partial charge in [-0.2, -0.15) is 0 Å². The highest BCUT2D eigenvalue weighted by molar-refractivity contribution is 6.40. The molecule has 7 heteroatoms. The summed E-state index contributed by atoms with van der Waals surface area (Å²) in [4.78, 5) is 23.7. The fourth-order valence-corrected chi connectivity index (χ4v) is 1.96. The minimum atomic E-state index is -0.823. The summed E-state index contributed by atoms with van der Waals surface area (Å²) in [6.45, 7) is 5.91. The number of methoxy groups -OCH3 is 1. The molecule has 0 heterocycles. The van der Waals surface area contributed by atoms with Crippen LogP contribution in [0.2, 0.25) is 5.02 Å². The number of aliphatic hydroxyl groups is 1. The number of rotatable bonds is 5. The molecule has 0 saturated carbocycles. The van der Waals surface area contributed by atoms with Gasteiger partial charge in [-0.25, -0.2) is 0 Å². The number of ether oxygens (including phenoxy) is 1. The molecule has 23 heavy (non-hydrogen) atoms. The van der Waals surface area contributed by atoms with Crippen molar-refractivity contribution in [3.63, 3.8) is 0 Å². The van der Waals surface area contributed by atoms with E-state index >= 15 is 0 Å². The highest BCUT2D eigenvalue weighted by Gasteiger charge is 2.22. The van der Waals surface area contributed by atoms with E-state index < -0.39 is 17.9 Å². The topological polar surface area (TPSA) is 87.7 Å². The summed E-state index contributed by atoms with van der Waals surface area (Å²) in [6, 6.07) is 4.70. The van der Waals surface area contributed by atoms with E-state index in [0.717, 1.165) is 0 Å². The fourth-order valence-electron chi connectivity index (χ4n) is 1.79. The third-order valence-corrected chi connectivity index (χ3v) is 3.55. The van der Waals surface area contributed by atoms with Crippen LogP contribution in [-0.4, -0.2) is 36.7 Å². The third-order valence-electron chi connectivity index (χ3n) is 3.32. The first-order chi connectivity index (χ1) is 10.6. The van der Waals surface area contributed by atoms with E-state index in [9.17, 15) is 14.7 Å². The molecule has 0 aliphatic heterocycles. The highest BCUT2D eigenvalue weighted by atomic mass is 35.5. The van der Waals surface area contributed by atoms with E-state index in [0.29, 0.717) is 22.9 Å². The van der Waals surface area contributed by atoms with Crippen LogP contribution in [0.25, 0.3) is 0 Å². The summed E-state index contributed by atoms with van der Waals surface area (Å²) in [5, 5.41) is 15.2. The van der Waals surface area contributed by atoms with Gasteiger partial charge in [-0.15, -0.1) is 0 Å². The minimum absolute atomic E-state index is 0.206. The van der Waals surface area contributed by atoms with Gasteiger partial charge in [0.05, 0.1) is 18.9 Å². The number of carbonyl (C=O) groups excluding carboxylic acids is 2. The molecule has 1 rings (SSSR count). The standard InChI is InChI=1S/C16H23ClN2O4/c1-16(2,3)13(20)7-8-18-14(21)15(22)19-11-9-10(17)5-6-12(11)23-4/h5-6,9,13,20H,7-8H2,1-4H3,(H,18,21)(H,19,22). The Balaban J connectivity index is 2.55. The van der Waals surface area contributed by atoms with Crippen LogP contribution in [0, 0.1) is 5.41 Å². The maximum atomic E-state index is 11.9. The maximum absolute atomic E-state index is 11.9. The predicted octanol–water partition coefficient (Wildman–Crippen LogP) is 2.20. The van der Waals surface area contributed by atoms with Crippen molar-refractivity contribution in [3.8, 4) is 5.75 Å². The summed E-state index contributed by atoms with van der Waals surface area (Å²) < 4.78 is 5.09. The summed E-state index contributed by atoms with van der Waals surface area (Å²) in [5.41, 5.74) is 0.0381. The summed E-state index contributed by atoms with van der Waals surface area (Å²) in [6.07, 6.45) is -0.206. The predicted molar refractivity (Wildman–Crippen MR) is 89.7 cm³/mol. The second-order valence-corrected chi connectivity index (χ2v) is 6.66. The lowest BCUT2D eigenvalue weighted by atomic mass is 9.87. The lowest BCUT2D eigenvalue weighted by Gasteiger charge is -2.25. The second-order valence-electron chi connectivity index (χ2n) is 6.23. The maximum Gasteiger partial charge on any atom is 0.313 e. The molecular formula is C16H23ClN2O4. The quantitative estimate of drug-likeness (QED) is 0.716. The number of carbonyl (C=O) groups is 2. The van der Waals surface area contributed by atoms with E-state index in [2.05, 4.69) is 10.6 Å². The first-order valence-electron chi connectivity index (χ1n) is 7.26. The van der Waals surface area contributed by atoms with Gasteiger partial charge < -0.3 is 20.5 Å². The average Bonchev–Trinajstić information content (AvgIpc) is 2.46. The number of nitrogens with one attached hydrogen (secondary N) is 2. The molecule has 3 N–H and O–H groups in total. The number of amides is 2. The Morgan fingerprint density at radius 3 is 2.52 bits per heavy atom. The molecule has 0 aromatic heterocycles. The Morgan fingerprint density at radius 1 is 1.30 bits per heavy atom. The molecule has 0 bridgehead atoms. The van der Waals surface area contributed by atoms with Gasteiger partial charge in [-0.05, 0) is 30.0 Å². The molecule has 1 unspecified atom stereocenters. The minimum Gasteiger partial charge on any atom is -0.495 e. The molecule has 0 saturated heterocycles. The summed E-state index contributed by atoms with van der Waals surface area (Å²) in [5.74, 6) is -1.21. The monoisotopic (exact) mass is 342 g/mol. The second kappa shape index (κ2) is 8.17. The molecule has 6 nitrogen and oxygen atoms in total. The van der Waals surface area contributed by atoms with Crippen molar-refractivity contribution in [2.75, 3.05) is 19.0 Å². The summed E-state index contributed by atoms with van der Waals surface area (Å²) >= 11 is 5.86. The Labute approximate surface area is 141 Å². The third kappa shape index (κ3) is 6.08. The fraction of sp³-hybridized carbons (Fsp3) is 0.500. The van der Waals surface area contributed by atoms with Crippen LogP contribution >= 0.6 is 11.6 Å². The normalized spacial score (nSPS) is 12.4. The van der Waals surface area contributed by atoms with Gasteiger partial charge in [-0.3, -0.25) is 9.59 Å². The van der Waals surface area contributed by atoms with Gasteiger partial charge in [0.1, 0.15) is 5.75 Å². The smallest absolute Gasteiger partial charge is 0.313 e. The van der Waals surface area contributed by atoms with Crippen molar-refractivity contribution < 1.29 is 19.4 Å². The first kappa shape index (κ1) is 19.3. The molecule has 1 aromatic carbocycles. The lowest BCUT2D eigenvalue weighted by Crippen LogP contribution is -2.38. The number of halogens is 1. The van der Waals surface area contributed by atoms with Crippen molar-refractivity contribution >= 4 is 29.1 Å². The first-order valence-corrected chi connectivity index (χ1v) is 7.63. The lowest BCUT2D eigenvalue weighted by molar-refractivity contribution is -0.136. The number of benzene rings is 1. The van der Waals surface area contributed by atoms with E-state index in [4.69, 9.17) is 16.3 Å². The zero-order valence-electron chi connectivity index (χ0n) is 13.8. The molecule has 1 atom stereocenters. The SMILES string of the molecule is COc1ccc(Cl)cc1NC(=O)C(=O)NCCC(O)C(C)(C)C. The van der Waals surface area contributed by atoms with Gasteiger partial charge in [0, 0.05) is 11.6 Å². The molecule has 2 amide bonds. The molecular weight excluding hydrogens is 320 g/mol. The number of anilines is 1. The molecule has 128 valence electrons. The van der Waals surface area contributed by atoms with Gasteiger partial charge in [0.25, 0.3) is 0 Å². The van der Waals surface area contributed by atoms with Crippen molar-refractivity contribution in [1.82, 2.24) is 5.32 Å². The highest BCUT2D eigenvalue weighted by Crippen LogP contribution is 2.27. The van der Waals surface area contributed by atoms with Gasteiger partial charge in [0.15, 0.2) is 0 Å². The number of hydrogen-bond donors (Lipinski definition) is 3. The molecule has 0 radical (unpaired) electrons. The van der Waals surface area contributed by atoms with Crippen LogP contribution in [0.1, 0.15) is 27.2 Å². The molecule has 1 aromatic rings. The van der Waals surface area contributed by atoms with Gasteiger partial charge >= 0.3 is 11.8 Å². The summed E-state index contributed by atoms with van der Waals surface area (Å²) in [7, 11) is 1.45. The molecule has 0 aliphatic carbocycles. The Bertz CT molecular complexity index is 570. The van der Waals surface area contributed by atoms with Crippen LogP contribution in [0.4, 0.5) is 5.69 Å². The van der Waals surface area contributed by atoms with Crippen LogP contribution in [0.3, 0.4) is 0 Å².